The van der Waals surface area contributed by atoms with Gasteiger partial charge >= 0.3 is 0 Å². The zero-order valence-electron chi connectivity index (χ0n) is 26.7. The first kappa shape index (κ1) is 30.8. The van der Waals surface area contributed by atoms with Crippen LogP contribution in [0.2, 0.25) is 0 Å². The summed E-state index contributed by atoms with van der Waals surface area (Å²) in [6.07, 6.45) is 24.3. The molecule has 0 aromatic carbocycles. The van der Waals surface area contributed by atoms with Crippen LogP contribution >= 0.6 is 0 Å². The number of rotatable bonds is 5. The quantitative estimate of drug-likeness (QED) is 0.352. The Bertz CT molecular complexity index is 651. The summed E-state index contributed by atoms with van der Waals surface area (Å²) in [4.78, 5) is 13.9. The molecule has 0 radical (unpaired) electrons. The molecule has 4 rings (SSSR count). The predicted molar refractivity (Wildman–Crippen MR) is 160 cm³/mol. The van der Waals surface area contributed by atoms with E-state index in [0.29, 0.717) is 12.2 Å². The van der Waals surface area contributed by atoms with Crippen LogP contribution in [0.4, 0.5) is 0 Å². The zero-order valence-corrected chi connectivity index (χ0v) is 26.7. The van der Waals surface area contributed by atoms with Gasteiger partial charge in [0.15, 0.2) is 0 Å². The van der Waals surface area contributed by atoms with Crippen molar-refractivity contribution < 1.29 is 9.68 Å². The van der Waals surface area contributed by atoms with Crippen LogP contribution in [-0.2, 0) is 9.68 Å². The van der Waals surface area contributed by atoms with Gasteiger partial charge in [-0.1, -0.05) is 38.5 Å². The van der Waals surface area contributed by atoms with Gasteiger partial charge in [-0.2, -0.15) is 10.1 Å². The van der Waals surface area contributed by atoms with Crippen molar-refractivity contribution in [1.82, 2.24) is 10.1 Å². The molecular formula is C34H64N2O2. The average Bonchev–Trinajstić information content (AvgIpc) is 2.76. The van der Waals surface area contributed by atoms with E-state index in [1.165, 1.54) is 116 Å². The van der Waals surface area contributed by atoms with E-state index >= 15 is 0 Å². The van der Waals surface area contributed by atoms with Crippen LogP contribution in [0, 0.1) is 11.8 Å². The highest BCUT2D eigenvalue weighted by Crippen LogP contribution is 2.43. The molecule has 38 heavy (non-hydrogen) atoms. The molecule has 4 heteroatoms. The zero-order chi connectivity index (χ0) is 27.6. The Morgan fingerprint density at radius 2 is 0.711 bits per heavy atom. The molecule has 2 saturated heterocycles. The van der Waals surface area contributed by atoms with Gasteiger partial charge in [0, 0.05) is 22.2 Å². The highest BCUT2D eigenvalue weighted by Gasteiger charge is 2.45. The van der Waals surface area contributed by atoms with Gasteiger partial charge in [0.2, 0.25) is 0 Å². The number of hydrogen-bond donors (Lipinski definition) is 0. The normalized spacial score (nSPS) is 36.9. The van der Waals surface area contributed by atoms with Crippen LogP contribution in [0.5, 0.6) is 0 Å². The molecule has 2 aliphatic heterocycles. The largest absolute Gasteiger partial charge is 0.295 e. The van der Waals surface area contributed by atoms with Crippen molar-refractivity contribution in [2.75, 3.05) is 0 Å². The molecule has 2 saturated carbocycles. The molecule has 0 amide bonds. The van der Waals surface area contributed by atoms with Crippen LogP contribution in [0.3, 0.4) is 0 Å². The number of piperidine rings is 2. The van der Waals surface area contributed by atoms with Gasteiger partial charge in [0.1, 0.15) is 0 Å². The Balaban J connectivity index is 1.34. The first-order valence-electron chi connectivity index (χ1n) is 16.7. The molecule has 4 fully saturated rings. The molecule has 4 nitrogen and oxygen atoms in total. The van der Waals surface area contributed by atoms with E-state index in [-0.39, 0.29) is 22.2 Å². The number of hydrogen-bond acceptors (Lipinski definition) is 4. The summed E-state index contributed by atoms with van der Waals surface area (Å²) in [5, 5.41) is 4.85. The molecule has 4 unspecified atom stereocenters. The second-order valence-electron chi connectivity index (χ2n) is 16.2. The van der Waals surface area contributed by atoms with Gasteiger partial charge in [0.05, 0.1) is 12.2 Å². The van der Waals surface area contributed by atoms with Crippen LogP contribution in [0.15, 0.2) is 0 Å². The van der Waals surface area contributed by atoms with Gasteiger partial charge in [-0.15, -0.1) is 0 Å². The summed E-state index contributed by atoms with van der Waals surface area (Å²) in [5.74, 6) is 1.73. The highest BCUT2D eigenvalue weighted by atomic mass is 16.7. The van der Waals surface area contributed by atoms with Crippen molar-refractivity contribution in [1.29, 1.82) is 0 Å². The third-order valence-electron chi connectivity index (χ3n) is 10.9. The van der Waals surface area contributed by atoms with Crippen molar-refractivity contribution >= 4 is 0 Å². The Labute approximate surface area is 236 Å². The van der Waals surface area contributed by atoms with Crippen molar-refractivity contribution in [3.8, 4) is 0 Å². The Hall–Kier alpha value is -0.160. The molecule has 4 atom stereocenters. The molecular weight excluding hydrogens is 468 g/mol. The minimum Gasteiger partial charge on any atom is -0.295 e. The van der Waals surface area contributed by atoms with Gasteiger partial charge in [-0.25, -0.2) is 0 Å². The summed E-state index contributed by atoms with van der Waals surface area (Å²) in [6, 6.07) is 0. The fraction of sp³-hybridized carbons (Fsp3) is 1.00. The molecule has 0 bridgehead atoms. The van der Waals surface area contributed by atoms with Crippen LogP contribution in [-0.4, -0.2) is 44.5 Å². The van der Waals surface area contributed by atoms with E-state index in [1.54, 1.807) is 0 Å². The Morgan fingerprint density at radius 3 is 1.05 bits per heavy atom. The SMILES string of the molecule is CC1(C)CCCC(C)(C)N1OC1CCCCC(C2CCCCC(ON3C(C)(C)CCCC3(C)C)CC2)CC1. The molecule has 0 N–H and O–H groups in total. The van der Waals surface area contributed by atoms with Gasteiger partial charge < -0.3 is 0 Å². The maximum Gasteiger partial charge on any atom is 0.0793 e. The summed E-state index contributed by atoms with van der Waals surface area (Å²) < 4.78 is 0. The lowest BCUT2D eigenvalue weighted by molar-refractivity contribution is -0.308. The van der Waals surface area contributed by atoms with E-state index in [2.05, 4.69) is 65.5 Å². The average molecular weight is 533 g/mol. The van der Waals surface area contributed by atoms with Crippen LogP contribution in [0.25, 0.3) is 0 Å². The van der Waals surface area contributed by atoms with E-state index < -0.39 is 0 Å². The lowest BCUT2D eigenvalue weighted by atomic mass is 9.75. The highest BCUT2D eigenvalue weighted by molar-refractivity contribution is 4.94. The first-order chi connectivity index (χ1) is 17.8. The van der Waals surface area contributed by atoms with Gasteiger partial charge in [-0.05, 0) is 144 Å². The van der Waals surface area contributed by atoms with Crippen LogP contribution in [0.1, 0.15) is 171 Å². The second kappa shape index (κ2) is 12.4. The van der Waals surface area contributed by atoms with E-state index in [0.717, 1.165) is 11.8 Å². The molecule has 4 aliphatic rings. The Morgan fingerprint density at radius 1 is 0.395 bits per heavy atom. The van der Waals surface area contributed by atoms with E-state index in [9.17, 15) is 0 Å². The monoisotopic (exact) mass is 532 g/mol. The Kier molecular flexibility index (Phi) is 10.0. The number of nitrogens with zero attached hydrogens (tertiary/aromatic N) is 2. The lowest BCUT2D eigenvalue weighted by Crippen LogP contribution is -2.59. The van der Waals surface area contributed by atoms with Gasteiger partial charge in [-0.3, -0.25) is 9.68 Å². The van der Waals surface area contributed by atoms with E-state index in [1.807, 2.05) is 0 Å². The van der Waals surface area contributed by atoms with Crippen molar-refractivity contribution in [2.24, 2.45) is 11.8 Å². The topological polar surface area (TPSA) is 24.9 Å². The number of hydroxylamine groups is 4. The maximum absolute atomic E-state index is 6.93. The molecule has 0 spiro atoms. The van der Waals surface area contributed by atoms with Crippen molar-refractivity contribution in [3.05, 3.63) is 0 Å². The minimum atomic E-state index is 0.134. The van der Waals surface area contributed by atoms with Gasteiger partial charge in [0.25, 0.3) is 0 Å². The molecule has 222 valence electrons. The summed E-state index contributed by atoms with van der Waals surface area (Å²) in [7, 11) is 0. The third-order valence-corrected chi connectivity index (χ3v) is 10.9. The van der Waals surface area contributed by atoms with Crippen molar-refractivity contribution in [3.63, 3.8) is 0 Å². The third kappa shape index (κ3) is 7.56. The maximum atomic E-state index is 6.93. The first-order valence-corrected chi connectivity index (χ1v) is 16.7. The van der Waals surface area contributed by atoms with Crippen molar-refractivity contribution in [2.45, 2.75) is 205 Å². The molecule has 0 aromatic rings. The predicted octanol–water partition coefficient (Wildman–Crippen LogP) is 9.61. The fourth-order valence-corrected chi connectivity index (χ4v) is 8.91. The minimum absolute atomic E-state index is 0.134. The molecule has 2 heterocycles. The fourth-order valence-electron chi connectivity index (χ4n) is 8.91. The smallest absolute Gasteiger partial charge is 0.0793 e. The standard InChI is InChI=1S/C34H64N2O2/c1-31(2)23-13-24-32(3,4)35(31)37-29-17-11-9-15-27(19-21-29)28-16-10-12-18-30(22-20-28)38-36-33(5,6)25-14-26-34(36,7)8/h27-30H,9-26H2,1-8H3. The summed E-state index contributed by atoms with van der Waals surface area (Å²) in [6.45, 7) is 19.1. The van der Waals surface area contributed by atoms with Crippen LogP contribution < -0.4 is 0 Å². The molecule has 2 aliphatic carbocycles. The second-order valence-corrected chi connectivity index (χ2v) is 16.2. The summed E-state index contributed by atoms with van der Waals surface area (Å²) in [5.41, 5.74) is 0.538. The lowest BCUT2D eigenvalue weighted by Gasteiger charge is -2.52. The summed E-state index contributed by atoms with van der Waals surface area (Å²) >= 11 is 0. The molecule has 0 aromatic heterocycles. The van der Waals surface area contributed by atoms with E-state index in [4.69, 9.17) is 9.68 Å².